The molecule has 0 saturated carbocycles. The van der Waals surface area contributed by atoms with Gasteiger partial charge in [-0.05, 0) is 42.1 Å². The highest BCUT2D eigenvalue weighted by atomic mass is 35.5. The fourth-order valence-electron chi connectivity index (χ4n) is 2.85. The number of amides is 2. The van der Waals surface area contributed by atoms with Crippen LogP contribution in [0.1, 0.15) is 5.76 Å². The minimum atomic E-state index is -0.517. The summed E-state index contributed by atoms with van der Waals surface area (Å²) in [6, 6.07) is 15.9. The van der Waals surface area contributed by atoms with E-state index in [0.717, 1.165) is 16.7 Å². The lowest BCUT2D eigenvalue weighted by Crippen LogP contribution is -2.27. The predicted molar refractivity (Wildman–Crippen MR) is 111 cm³/mol. The summed E-state index contributed by atoms with van der Waals surface area (Å²) in [6.07, 6.45) is 1.43. The highest BCUT2D eigenvalue weighted by Gasteiger charge is 2.37. The molecule has 0 unspecified atom stereocenters. The second-order valence-electron chi connectivity index (χ2n) is 5.94. The maximum Gasteiger partial charge on any atom is 0.298 e. The Hall–Kier alpha value is -3.36. The Labute approximate surface area is 173 Å². The zero-order valence-electron chi connectivity index (χ0n) is 14.6. The summed E-state index contributed by atoms with van der Waals surface area (Å²) in [4.78, 5) is 37.0. The molecule has 29 heavy (non-hydrogen) atoms. The average molecular weight is 427 g/mol. The number of rotatable bonds is 4. The second kappa shape index (κ2) is 7.57. The normalized spacial score (nSPS) is 15.3. The van der Waals surface area contributed by atoms with Crippen molar-refractivity contribution in [1.82, 2.24) is 0 Å². The van der Waals surface area contributed by atoms with Gasteiger partial charge in [-0.25, -0.2) is 4.90 Å². The Morgan fingerprint density at radius 2 is 1.76 bits per heavy atom. The van der Waals surface area contributed by atoms with E-state index in [-0.39, 0.29) is 21.4 Å². The fourth-order valence-corrected chi connectivity index (χ4v) is 3.89. The Bertz CT molecular complexity index is 1190. The van der Waals surface area contributed by atoms with Crippen molar-refractivity contribution < 1.29 is 18.9 Å². The number of nitro groups is 1. The molecule has 1 aromatic heterocycles. The average Bonchev–Trinajstić information content (AvgIpc) is 3.27. The van der Waals surface area contributed by atoms with Crippen LogP contribution in [-0.2, 0) is 4.79 Å². The van der Waals surface area contributed by atoms with Crippen LogP contribution in [0.2, 0.25) is 5.02 Å². The highest BCUT2D eigenvalue weighted by molar-refractivity contribution is 8.19. The van der Waals surface area contributed by atoms with Gasteiger partial charge in [-0.3, -0.25) is 19.7 Å². The number of imide groups is 1. The molecule has 9 heteroatoms. The van der Waals surface area contributed by atoms with E-state index in [2.05, 4.69) is 0 Å². The van der Waals surface area contributed by atoms with Crippen molar-refractivity contribution in [3.8, 4) is 11.3 Å². The summed E-state index contributed by atoms with van der Waals surface area (Å²) in [6.45, 7) is 0. The molecule has 4 rings (SSSR count). The topological polar surface area (TPSA) is 93.7 Å². The Kier molecular flexibility index (Phi) is 4.96. The number of carbonyl (C=O) groups excluding carboxylic acids is 2. The first-order valence-corrected chi connectivity index (χ1v) is 9.51. The zero-order valence-corrected chi connectivity index (χ0v) is 16.1. The van der Waals surface area contributed by atoms with Gasteiger partial charge in [-0.2, -0.15) is 0 Å². The van der Waals surface area contributed by atoms with E-state index in [4.69, 9.17) is 16.0 Å². The molecular formula is C20H11ClN2O5S. The zero-order chi connectivity index (χ0) is 20.5. The molecule has 0 bridgehead atoms. The van der Waals surface area contributed by atoms with Gasteiger partial charge in [0.05, 0.1) is 26.1 Å². The van der Waals surface area contributed by atoms with Gasteiger partial charge in [0.2, 0.25) is 0 Å². The molecule has 0 atom stereocenters. The summed E-state index contributed by atoms with van der Waals surface area (Å²) in [7, 11) is 0. The van der Waals surface area contributed by atoms with Crippen LogP contribution >= 0.6 is 23.4 Å². The molecule has 2 amide bonds. The van der Waals surface area contributed by atoms with Crippen molar-refractivity contribution in [3.05, 3.63) is 86.5 Å². The maximum absolute atomic E-state index is 12.7. The lowest BCUT2D eigenvalue weighted by Gasteiger charge is -2.13. The summed E-state index contributed by atoms with van der Waals surface area (Å²) in [5, 5.41) is 11.0. The third-order valence-corrected chi connectivity index (χ3v) is 5.34. The van der Waals surface area contributed by atoms with Gasteiger partial charge in [-0.1, -0.05) is 35.9 Å². The third kappa shape index (κ3) is 3.55. The maximum atomic E-state index is 12.7. The number of nitrogens with zero attached hydrogens (tertiary/aromatic N) is 2. The minimum Gasteiger partial charge on any atom is -0.456 e. The van der Waals surface area contributed by atoms with Gasteiger partial charge in [0.1, 0.15) is 11.5 Å². The number of hydrogen-bond acceptors (Lipinski definition) is 6. The van der Waals surface area contributed by atoms with Gasteiger partial charge >= 0.3 is 0 Å². The quantitative estimate of drug-likeness (QED) is 0.299. The molecule has 1 aliphatic rings. The Morgan fingerprint density at radius 3 is 2.52 bits per heavy atom. The fraction of sp³-hybridized carbons (Fsp3) is 0. The summed E-state index contributed by atoms with van der Waals surface area (Å²) >= 11 is 6.87. The van der Waals surface area contributed by atoms with Gasteiger partial charge in [0, 0.05) is 12.1 Å². The van der Waals surface area contributed by atoms with Crippen LogP contribution in [0.25, 0.3) is 17.4 Å². The molecule has 1 fully saturated rings. The van der Waals surface area contributed by atoms with E-state index >= 15 is 0 Å². The van der Waals surface area contributed by atoms with E-state index < -0.39 is 16.1 Å². The van der Waals surface area contributed by atoms with Gasteiger partial charge in [-0.15, -0.1) is 0 Å². The first-order valence-electron chi connectivity index (χ1n) is 8.32. The van der Waals surface area contributed by atoms with Crippen molar-refractivity contribution in [1.29, 1.82) is 0 Å². The first kappa shape index (κ1) is 19.0. The number of halogens is 1. The number of carbonyl (C=O) groups is 2. The van der Waals surface area contributed by atoms with Crippen molar-refractivity contribution in [2.75, 3.05) is 4.90 Å². The molecule has 3 aromatic rings. The number of anilines is 1. The number of para-hydroxylation sites is 2. The predicted octanol–water partition coefficient (Wildman–Crippen LogP) is 5.75. The Balaban J connectivity index is 1.65. The molecule has 0 N–H and O–H groups in total. The number of hydrogen-bond donors (Lipinski definition) is 0. The summed E-state index contributed by atoms with van der Waals surface area (Å²) in [5.41, 5.74) is 0.536. The first-order chi connectivity index (χ1) is 14.0. The Morgan fingerprint density at radius 1 is 1.03 bits per heavy atom. The molecule has 2 aromatic carbocycles. The van der Waals surface area contributed by atoms with E-state index in [1.165, 1.54) is 12.1 Å². The van der Waals surface area contributed by atoms with E-state index in [1.54, 1.807) is 54.6 Å². The molecule has 1 aliphatic heterocycles. The molecule has 0 aliphatic carbocycles. The monoisotopic (exact) mass is 426 g/mol. The van der Waals surface area contributed by atoms with Crippen LogP contribution in [0.15, 0.2) is 70.0 Å². The number of nitro benzene ring substituents is 1. The van der Waals surface area contributed by atoms with E-state index in [1.807, 2.05) is 0 Å². The van der Waals surface area contributed by atoms with Crippen molar-refractivity contribution in [3.63, 3.8) is 0 Å². The van der Waals surface area contributed by atoms with Gasteiger partial charge in [0.25, 0.3) is 16.8 Å². The molecule has 1 saturated heterocycles. The van der Waals surface area contributed by atoms with Crippen LogP contribution in [0, 0.1) is 10.1 Å². The van der Waals surface area contributed by atoms with E-state index in [9.17, 15) is 19.7 Å². The van der Waals surface area contributed by atoms with Gasteiger partial charge < -0.3 is 4.42 Å². The third-order valence-electron chi connectivity index (χ3n) is 4.15. The molecule has 7 nitrogen and oxygen atoms in total. The molecular weight excluding hydrogens is 416 g/mol. The van der Waals surface area contributed by atoms with Gasteiger partial charge in [0.15, 0.2) is 0 Å². The van der Waals surface area contributed by atoms with Crippen LogP contribution in [0.5, 0.6) is 0 Å². The van der Waals surface area contributed by atoms with Crippen LogP contribution in [0.3, 0.4) is 0 Å². The highest BCUT2D eigenvalue weighted by Crippen LogP contribution is 2.39. The smallest absolute Gasteiger partial charge is 0.298 e. The molecule has 0 radical (unpaired) electrons. The molecule has 0 spiro atoms. The van der Waals surface area contributed by atoms with Crippen LogP contribution < -0.4 is 4.90 Å². The molecule has 144 valence electrons. The number of benzene rings is 2. The molecule has 2 heterocycles. The van der Waals surface area contributed by atoms with Crippen LogP contribution in [0.4, 0.5) is 16.2 Å². The second-order valence-corrected chi connectivity index (χ2v) is 7.35. The lowest BCUT2D eigenvalue weighted by atomic mass is 10.1. The largest absolute Gasteiger partial charge is 0.456 e. The summed E-state index contributed by atoms with van der Waals surface area (Å²) < 4.78 is 5.67. The number of thioether (sulfide) groups is 1. The van der Waals surface area contributed by atoms with Crippen molar-refractivity contribution in [2.24, 2.45) is 0 Å². The summed E-state index contributed by atoms with van der Waals surface area (Å²) in [5.74, 6) is 0.0634. The lowest BCUT2D eigenvalue weighted by molar-refractivity contribution is -0.384. The van der Waals surface area contributed by atoms with Crippen molar-refractivity contribution >= 4 is 52.0 Å². The van der Waals surface area contributed by atoms with Crippen LogP contribution in [-0.4, -0.2) is 16.1 Å². The minimum absolute atomic E-state index is 0.0903. The van der Waals surface area contributed by atoms with E-state index in [0.29, 0.717) is 17.0 Å². The SMILES string of the molecule is O=C1S/C(=C\c2ccc(-c3ccccc3[N+](=O)[O-])o2)C(=O)N1c1ccccc1Cl. The van der Waals surface area contributed by atoms with Crippen molar-refractivity contribution in [2.45, 2.75) is 0 Å². The standard InChI is InChI=1S/C20H11ClN2O5S/c21-14-6-2-4-8-16(14)22-19(24)18(29-20(22)25)11-12-9-10-17(28-12)13-5-1-3-7-15(13)23(26)27/h1-11H/b18-11-. The number of furan rings is 1.